The van der Waals surface area contributed by atoms with Crippen LogP contribution in [-0.4, -0.2) is 18.7 Å². The molecule has 0 radical (unpaired) electrons. The summed E-state index contributed by atoms with van der Waals surface area (Å²) in [5.41, 5.74) is 1.73. The van der Waals surface area contributed by atoms with E-state index in [2.05, 4.69) is 5.32 Å². The Kier molecular flexibility index (Phi) is 4.24. The predicted octanol–water partition coefficient (Wildman–Crippen LogP) is 2.87. The van der Waals surface area contributed by atoms with E-state index >= 15 is 0 Å². The molecule has 1 aliphatic rings. The maximum atomic E-state index is 12.6. The zero-order valence-corrected chi connectivity index (χ0v) is 12.8. The number of ketones is 1. The van der Waals surface area contributed by atoms with Crippen molar-refractivity contribution in [2.75, 3.05) is 7.05 Å². The maximum Gasteiger partial charge on any atom is 0.258 e. The second-order valence-electron chi connectivity index (χ2n) is 5.29. The largest absolute Gasteiger partial charge is 0.484 e. The van der Waals surface area contributed by atoms with Crippen molar-refractivity contribution in [3.05, 3.63) is 77.4 Å². The normalized spacial score (nSPS) is 17.6. The number of nitrogens with one attached hydrogen (secondary N) is 1. The van der Waals surface area contributed by atoms with E-state index in [9.17, 15) is 9.59 Å². The molecule has 0 saturated heterocycles. The highest BCUT2D eigenvalue weighted by Gasteiger charge is 2.34. The van der Waals surface area contributed by atoms with Crippen molar-refractivity contribution in [2.45, 2.75) is 12.5 Å². The number of likely N-dealkylation sites (N-methyl/N-ethyl adjacent to an activating group) is 1. The summed E-state index contributed by atoms with van der Waals surface area (Å²) in [6.07, 6.45) is -0.226. The Balaban J connectivity index is 2.07. The first-order valence-electron chi connectivity index (χ1n) is 7.47. The van der Waals surface area contributed by atoms with E-state index in [4.69, 9.17) is 4.74 Å². The lowest BCUT2D eigenvalue weighted by atomic mass is 9.93. The highest BCUT2D eigenvalue weighted by atomic mass is 16.5. The van der Waals surface area contributed by atoms with Crippen molar-refractivity contribution < 1.29 is 14.3 Å². The first-order chi connectivity index (χ1) is 11.2. The van der Waals surface area contributed by atoms with Gasteiger partial charge in [-0.25, -0.2) is 0 Å². The summed E-state index contributed by atoms with van der Waals surface area (Å²) in [7, 11) is 1.51. The Morgan fingerprint density at radius 1 is 1.04 bits per heavy atom. The molecule has 1 aliphatic heterocycles. The number of carbonyl (C=O) groups excluding carboxylic acids is 2. The zero-order chi connectivity index (χ0) is 16.2. The number of carbonyl (C=O) groups is 2. The van der Waals surface area contributed by atoms with Gasteiger partial charge in [-0.05, 0) is 5.56 Å². The molecule has 0 spiro atoms. The van der Waals surface area contributed by atoms with Crippen LogP contribution in [-0.2, 0) is 14.3 Å². The quantitative estimate of drug-likeness (QED) is 0.887. The first-order valence-corrected chi connectivity index (χ1v) is 7.47. The van der Waals surface area contributed by atoms with E-state index in [1.165, 1.54) is 7.05 Å². The number of amides is 1. The molecular weight excluding hydrogens is 290 g/mol. The lowest BCUT2D eigenvalue weighted by Crippen LogP contribution is -2.31. The van der Waals surface area contributed by atoms with Gasteiger partial charge in [0.25, 0.3) is 5.91 Å². The number of benzene rings is 2. The Bertz CT molecular complexity index is 751. The highest BCUT2D eigenvalue weighted by Crippen LogP contribution is 2.36. The topological polar surface area (TPSA) is 55.4 Å². The van der Waals surface area contributed by atoms with Crippen molar-refractivity contribution in [3.63, 3.8) is 0 Å². The minimum Gasteiger partial charge on any atom is -0.484 e. The van der Waals surface area contributed by atoms with Crippen LogP contribution in [0.5, 0.6) is 0 Å². The van der Waals surface area contributed by atoms with Crippen LogP contribution in [0.2, 0.25) is 0 Å². The minimum absolute atomic E-state index is 0.0888. The van der Waals surface area contributed by atoms with E-state index in [0.29, 0.717) is 5.76 Å². The monoisotopic (exact) mass is 307 g/mol. The van der Waals surface area contributed by atoms with Crippen molar-refractivity contribution in [3.8, 4) is 0 Å². The maximum absolute atomic E-state index is 12.6. The number of Topliss-reactive ketones (excluding diaryl/α,β-unsaturated/α-hetero) is 1. The number of hydrogen-bond acceptors (Lipinski definition) is 3. The van der Waals surface area contributed by atoms with E-state index in [1.54, 1.807) is 0 Å². The highest BCUT2D eigenvalue weighted by molar-refractivity contribution is 6.24. The average Bonchev–Trinajstić information content (AvgIpc) is 2.62. The first kappa shape index (κ1) is 15.0. The molecule has 2 aromatic rings. The van der Waals surface area contributed by atoms with Gasteiger partial charge in [0.2, 0.25) is 0 Å². The SMILES string of the molecule is CNC(=O)C1=C(c2ccccc2)OC(c2ccccc2)CC1=O. The number of hydrogen-bond donors (Lipinski definition) is 1. The van der Waals surface area contributed by atoms with Gasteiger partial charge in [0.15, 0.2) is 5.78 Å². The van der Waals surface area contributed by atoms with Crippen LogP contribution < -0.4 is 5.32 Å². The van der Waals surface area contributed by atoms with Crippen molar-refractivity contribution >= 4 is 17.4 Å². The molecule has 4 nitrogen and oxygen atoms in total. The number of rotatable bonds is 3. The van der Waals surface area contributed by atoms with Crippen LogP contribution in [0.1, 0.15) is 23.7 Å². The fourth-order valence-corrected chi connectivity index (χ4v) is 2.65. The molecule has 2 aromatic carbocycles. The summed E-state index contributed by atoms with van der Waals surface area (Å²) in [5, 5.41) is 2.52. The summed E-state index contributed by atoms with van der Waals surface area (Å²) in [5.74, 6) is -0.279. The van der Waals surface area contributed by atoms with Gasteiger partial charge in [0.05, 0.1) is 6.42 Å². The van der Waals surface area contributed by atoms with Gasteiger partial charge in [-0.1, -0.05) is 60.7 Å². The molecule has 1 unspecified atom stereocenters. The number of ether oxygens (including phenoxy) is 1. The molecule has 0 aromatic heterocycles. The van der Waals surface area contributed by atoms with Crippen molar-refractivity contribution in [1.29, 1.82) is 0 Å². The third-order valence-electron chi connectivity index (χ3n) is 3.80. The summed E-state index contributed by atoms with van der Waals surface area (Å²) in [6.45, 7) is 0. The lowest BCUT2D eigenvalue weighted by Gasteiger charge is -2.27. The van der Waals surface area contributed by atoms with Gasteiger partial charge in [-0.2, -0.15) is 0 Å². The Morgan fingerprint density at radius 3 is 2.26 bits per heavy atom. The lowest BCUT2D eigenvalue weighted by molar-refractivity contribution is -0.124. The molecule has 1 atom stereocenters. The molecular formula is C19H17NO3. The van der Waals surface area contributed by atoms with Gasteiger partial charge >= 0.3 is 0 Å². The van der Waals surface area contributed by atoms with Gasteiger partial charge in [-0.15, -0.1) is 0 Å². The van der Waals surface area contributed by atoms with Crippen molar-refractivity contribution in [1.82, 2.24) is 5.32 Å². The van der Waals surface area contributed by atoms with Crippen LogP contribution >= 0.6 is 0 Å². The smallest absolute Gasteiger partial charge is 0.258 e. The predicted molar refractivity (Wildman–Crippen MR) is 87.3 cm³/mol. The van der Waals surface area contributed by atoms with E-state index in [1.807, 2.05) is 60.7 Å². The van der Waals surface area contributed by atoms with Gasteiger partial charge in [0, 0.05) is 12.6 Å². The van der Waals surface area contributed by atoms with E-state index in [-0.39, 0.29) is 23.9 Å². The average molecular weight is 307 g/mol. The Morgan fingerprint density at radius 2 is 1.65 bits per heavy atom. The molecule has 1 N–H and O–H groups in total. The van der Waals surface area contributed by atoms with Crippen LogP contribution in [0, 0.1) is 0 Å². The van der Waals surface area contributed by atoms with E-state index < -0.39 is 5.91 Å². The summed E-state index contributed by atoms with van der Waals surface area (Å²) in [6, 6.07) is 18.8. The second kappa shape index (κ2) is 6.48. The molecule has 0 bridgehead atoms. The van der Waals surface area contributed by atoms with Crippen molar-refractivity contribution in [2.24, 2.45) is 0 Å². The van der Waals surface area contributed by atoms with Crippen LogP contribution in [0.25, 0.3) is 5.76 Å². The fraction of sp³-hybridized carbons (Fsp3) is 0.158. The molecule has 0 saturated carbocycles. The molecule has 4 heteroatoms. The molecule has 0 aliphatic carbocycles. The van der Waals surface area contributed by atoms with Crippen LogP contribution in [0.3, 0.4) is 0 Å². The summed E-state index contributed by atoms with van der Waals surface area (Å²) >= 11 is 0. The molecule has 1 heterocycles. The third kappa shape index (κ3) is 3.01. The van der Waals surface area contributed by atoms with Gasteiger partial charge in [0.1, 0.15) is 17.4 Å². The summed E-state index contributed by atoms with van der Waals surface area (Å²) < 4.78 is 6.06. The second-order valence-corrected chi connectivity index (χ2v) is 5.29. The molecule has 23 heavy (non-hydrogen) atoms. The summed E-state index contributed by atoms with van der Waals surface area (Å²) in [4.78, 5) is 24.7. The van der Waals surface area contributed by atoms with Crippen LogP contribution in [0.4, 0.5) is 0 Å². The van der Waals surface area contributed by atoms with Crippen LogP contribution in [0.15, 0.2) is 66.2 Å². The Labute approximate surface area is 134 Å². The Hall–Kier alpha value is -2.88. The minimum atomic E-state index is -0.416. The molecule has 0 fully saturated rings. The molecule has 3 rings (SSSR count). The van der Waals surface area contributed by atoms with Gasteiger partial charge in [-0.3, -0.25) is 9.59 Å². The van der Waals surface area contributed by atoms with E-state index in [0.717, 1.165) is 11.1 Å². The fourth-order valence-electron chi connectivity index (χ4n) is 2.65. The van der Waals surface area contributed by atoms with Gasteiger partial charge < -0.3 is 10.1 Å². The molecule has 1 amide bonds. The third-order valence-corrected chi connectivity index (χ3v) is 3.80. The standard InChI is InChI=1S/C19H17NO3/c1-20-19(22)17-15(21)12-16(13-8-4-2-5-9-13)23-18(17)14-10-6-3-7-11-14/h2-11,16H,12H2,1H3,(H,20,22). The molecule has 116 valence electrons. The zero-order valence-electron chi connectivity index (χ0n) is 12.8.